The van der Waals surface area contributed by atoms with Crippen LogP contribution >= 0.6 is 0 Å². The van der Waals surface area contributed by atoms with E-state index in [1.54, 1.807) is 6.92 Å². The molecule has 7 heteroatoms. The van der Waals surface area contributed by atoms with Crippen molar-refractivity contribution >= 4 is 10.1 Å². The van der Waals surface area contributed by atoms with Crippen LogP contribution in [0.1, 0.15) is 41.0 Å². The fraction of sp³-hybridized carbons (Fsp3) is 1.00. The van der Waals surface area contributed by atoms with Gasteiger partial charge in [0.05, 0.1) is 6.61 Å². The molecule has 5 nitrogen and oxygen atoms in total. The van der Waals surface area contributed by atoms with Crippen LogP contribution in [0.3, 0.4) is 0 Å². The molecule has 0 fully saturated rings. The van der Waals surface area contributed by atoms with Gasteiger partial charge in [0.2, 0.25) is 0 Å². The molecule has 0 saturated carbocycles. The number of aliphatic hydroxyl groups excluding tert-OH is 1. The first-order valence-corrected chi connectivity index (χ1v) is 6.24. The molecule has 0 aliphatic rings. The minimum Gasteiger partial charge on any atom is -1.00 e. The molecule has 0 radical (unpaired) electrons. The van der Waals surface area contributed by atoms with Gasteiger partial charge in [-0.25, -0.2) is 4.89 Å². The summed E-state index contributed by atoms with van der Waals surface area (Å²) in [5.41, 5.74) is -1.51. The summed E-state index contributed by atoms with van der Waals surface area (Å²) in [5, 5.41) is 9.00. The van der Waals surface area contributed by atoms with Crippen LogP contribution in [0.4, 0.5) is 0 Å². The Balaban J connectivity index is -0.000000845. The van der Waals surface area contributed by atoms with Gasteiger partial charge in [-0.1, -0.05) is 26.7 Å². The summed E-state index contributed by atoms with van der Waals surface area (Å²) in [7, 11) is -3.96. The van der Waals surface area contributed by atoms with Gasteiger partial charge in [0.15, 0.2) is 5.44 Å². The zero-order valence-electron chi connectivity index (χ0n) is 10.6. The number of aliphatic hydroxyl groups is 1. The molecule has 0 amide bonds. The third kappa shape index (κ3) is 8.62. The summed E-state index contributed by atoms with van der Waals surface area (Å²) in [6, 6.07) is 0. The average molecular weight is 250 g/mol. The predicted octanol–water partition coefficient (Wildman–Crippen LogP) is -1.70. The molecule has 0 heterocycles. The number of rotatable bonds is 8. The Bertz CT molecular complexity index is 235. The summed E-state index contributed by atoms with van der Waals surface area (Å²) in [6.07, 6.45) is 2.81. The van der Waals surface area contributed by atoms with Crippen LogP contribution in [0.2, 0.25) is 0 Å². The monoisotopic (exact) mass is 250 g/mol. The van der Waals surface area contributed by atoms with Crippen molar-refractivity contribution in [2.45, 2.75) is 45.0 Å². The maximum atomic E-state index is 11.0. The van der Waals surface area contributed by atoms with Crippen molar-refractivity contribution in [3.8, 4) is 0 Å². The van der Waals surface area contributed by atoms with E-state index in [0.717, 1.165) is 19.3 Å². The second kappa shape index (κ2) is 10.0. The Hall–Kier alpha value is 0.830. The van der Waals surface area contributed by atoms with E-state index < -0.39 is 15.6 Å². The van der Waals surface area contributed by atoms with E-state index in [0.29, 0.717) is 0 Å². The Morgan fingerprint density at radius 3 is 2.40 bits per heavy atom. The van der Waals surface area contributed by atoms with Crippen LogP contribution in [0.25, 0.3) is 0 Å². The summed E-state index contributed by atoms with van der Waals surface area (Å²) in [4.78, 5) is 4.48. The van der Waals surface area contributed by atoms with E-state index in [4.69, 9.17) is 5.11 Å². The van der Waals surface area contributed by atoms with E-state index in [1.165, 1.54) is 0 Å². The molecule has 0 bridgehead atoms. The van der Waals surface area contributed by atoms with Crippen molar-refractivity contribution in [3.05, 3.63) is 0 Å². The molecule has 0 aliphatic heterocycles. The van der Waals surface area contributed by atoms with Crippen LogP contribution in [0, 0.1) is 0 Å². The van der Waals surface area contributed by atoms with Crippen LogP contribution in [-0.4, -0.2) is 25.6 Å². The molecule has 1 atom stereocenters. The second-order valence-corrected chi connectivity index (χ2v) is 4.62. The van der Waals surface area contributed by atoms with Gasteiger partial charge < -0.3 is 6.53 Å². The maximum Gasteiger partial charge on any atom is 1.00 e. The molecule has 0 aliphatic carbocycles. The molecular weight excluding hydrogens is 231 g/mol. The minimum atomic E-state index is -3.96. The summed E-state index contributed by atoms with van der Waals surface area (Å²) < 4.78 is 26.1. The van der Waals surface area contributed by atoms with Gasteiger partial charge >= 0.3 is 39.7 Å². The van der Waals surface area contributed by atoms with Gasteiger partial charge in [-0.3, -0.25) is 0 Å². The normalized spacial score (nSPS) is 13.3. The largest absolute Gasteiger partial charge is 1.00 e. The third-order valence-electron chi connectivity index (χ3n) is 1.66. The molecule has 0 saturated heterocycles. The molecule has 88 valence electrons. The molecule has 0 spiro atoms. The smallest absolute Gasteiger partial charge is 1.00 e. The fourth-order valence-electron chi connectivity index (χ4n) is 0.762. The zero-order chi connectivity index (χ0) is 11.0. The maximum absolute atomic E-state index is 11.0. The standard InChI is InChI=1S/C8H18O5S.Na.H/c1-3-5-6-7-12-13-14(10,11)8(9)4-2;;/h8-9H,3-7H2,1-2H3;;/q;+1;-1. The predicted molar refractivity (Wildman–Crippen MR) is 52.9 cm³/mol. The van der Waals surface area contributed by atoms with Crippen molar-refractivity contribution < 1.29 is 53.7 Å². The Labute approximate surface area is 115 Å². The number of unbranched alkanes of at least 4 members (excludes halogenated alkanes) is 2. The van der Waals surface area contributed by atoms with E-state index in [2.05, 4.69) is 9.22 Å². The third-order valence-corrected chi connectivity index (χ3v) is 2.94. The molecule has 0 aromatic rings. The summed E-state index contributed by atoms with van der Waals surface area (Å²) >= 11 is 0. The van der Waals surface area contributed by atoms with Gasteiger partial charge in [0, 0.05) is 0 Å². The first-order valence-electron chi connectivity index (χ1n) is 4.77. The SMILES string of the molecule is CCCCCOOS(=O)(=O)C(O)CC.[H-].[Na+]. The molecular formula is C8H19NaO5S. The quantitative estimate of drug-likeness (QED) is 0.241. The number of hydrogen-bond donors (Lipinski definition) is 1. The average Bonchev–Trinajstić information content (AvgIpc) is 2.16. The van der Waals surface area contributed by atoms with Crippen LogP contribution in [0.5, 0.6) is 0 Å². The van der Waals surface area contributed by atoms with E-state index in [-0.39, 0.29) is 44.0 Å². The summed E-state index contributed by atoms with van der Waals surface area (Å²) in [5.74, 6) is 0. The molecule has 1 N–H and O–H groups in total. The van der Waals surface area contributed by atoms with Crippen molar-refractivity contribution in [3.63, 3.8) is 0 Å². The van der Waals surface area contributed by atoms with Crippen LogP contribution in [-0.2, 0) is 19.3 Å². The Morgan fingerprint density at radius 2 is 1.93 bits per heavy atom. The zero-order valence-corrected chi connectivity index (χ0v) is 12.4. The molecule has 0 rings (SSSR count). The van der Waals surface area contributed by atoms with Gasteiger partial charge in [-0.2, -0.15) is 8.42 Å². The fourth-order valence-corrected chi connectivity index (χ4v) is 1.46. The van der Waals surface area contributed by atoms with Crippen LogP contribution < -0.4 is 29.6 Å². The molecule has 15 heavy (non-hydrogen) atoms. The van der Waals surface area contributed by atoms with Crippen molar-refractivity contribution in [2.24, 2.45) is 0 Å². The second-order valence-electron chi connectivity index (χ2n) is 2.95. The van der Waals surface area contributed by atoms with E-state index in [9.17, 15) is 8.42 Å². The van der Waals surface area contributed by atoms with Crippen molar-refractivity contribution in [2.75, 3.05) is 6.61 Å². The molecule has 1 unspecified atom stereocenters. The van der Waals surface area contributed by atoms with Gasteiger partial charge in [-0.15, -0.1) is 4.33 Å². The van der Waals surface area contributed by atoms with E-state index in [1.807, 2.05) is 6.92 Å². The van der Waals surface area contributed by atoms with Gasteiger partial charge in [-0.05, 0) is 12.8 Å². The van der Waals surface area contributed by atoms with Gasteiger partial charge in [0.25, 0.3) is 0 Å². The van der Waals surface area contributed by atoms with Crippen molar-refractivity contribution in [1.29, 1.82) is 0 Å². The first-order chi connectivity index (χ1) is 6.54. The Morgan fingerprint density at radius 1 is 1.33 bits per heavy atom. The molecule has 0 aromatic heterocycles. The van der Waals surface area contributed by atoms with Crippen LogP contribution in [0.15, 0.2) is 0 Å². The van der Waals surface area contributed by atoms with Crippen molar-refractivity contribution in [1.82, 2.24) is 0 Å². The topological polar surface area (TPSA) is 72.8 Å². The molecule has 0 aromatic carbocycles. The first kappa shape index (κ1) is 18.2. The summed E-state index contributed by atoms with van der Waals surface area (Å²) in [6.45, 7) is 3.80. The van der Waals surface area contributed by atoms with E-state index >= 15 is 0 Å². The van der Waals surface area contributed by atoms with Gasteiger partial charge in [0.1, 0.15) is 0 Å². The minimum absolute atomic E-state index is 0. The number of hydrogen-bond acceptors (Lipinski definition) is 5. The Kier molecular flexibility index (Phi) is 12.2.